The lowest BCUT2D eigenvalue weighted by molar-refractivity contribution is -0.134. The van der Waals surface area contributed by atoms with Gasteiger partial charge < -0.3 is 4.74 Å². The van der Waals surface area contributed by atoms with Crippen LogP contribution in [0.1, 0.15) is 21.5 Å². The van der Waals surface area contributed by atoms with Crippen molar-refractivity contribution >= 4 is 27.7 Å². The molecule has 0 saturated carbocycles. The maximum Gasteiger partial charge on any atom is 0.330 e. The molecule has 2 aromatic rings. The van der Waals surface area contributed by atoms with Gasteiger partial charge in [0, 0.05) is 22.8 Å². The number of benzene rings is 2. The number of ether oxygens (including phenoxy) is 1. The van der Waals surface area contributed by atoms with E-state index in [1.807, 2.05) is 13.0 Å². The van der Waals surface area contributed by atoms with E-state index in [4.69, 9.17) is 0 Å². The number of amides is 1. The van der Waals surface area contributed by atoms with Gasteiger partial charge in [-0.2, -0.15) is 4.36 Å². The second kappa shape index (κ2) is 7.90. The maximum atomic E-state index is 12.8. The van der Waals surface area contributed by atoms with Crippen LogP contribution < -0.4 is 0 Å². The summed E-state index contributed by atoms with van der Waals surface area (Å²) in [4.78, 5) is 24.4. The molecule has 2 aromatic carbocycles. The first-order valence-corrected chi connectivity index (χ1v) is 9.44. The third kappa shape index (κ3) is 4.87. The Bertz CT molecular complexity index is 939. The highest BCUT2D eigenvalue weighted by Crippen LogP contribution is 2.18. The van der Waals surface area contributed by atoms with Gasteiger partial charge in [-0.15, -0.1) is 0 Å². The van der Waals surface area contributed by atoms with Gasteiger partial charge in [0.25, 0.3) is 5.91 Å². The highest BCUT2D eigenvalue weighted by Gasteiger charge is 2.14. The summed E-state index contributed by atoms with van der Waals surface area (Å²) >= 11 is 0. The monoisotopic (exact) mass is 357 g/mol. The molecule has 0 saturated heterocycles. The minimum absolute atomic E-state index is 0.283. The van der Waals surface area contributed by atoms with Crippen LogP contribution in [-0.4, -0.2) is 29.5 Å². The van der Waals surface area contributed by atoms with Crippen LogP contribution in [-0.2, 0) is 19.3 Å². The lowest BCUT2D eigenvalue weighted by Crippen LogP contribution is -2.06. The molecule has 1 unspecified atom stereocenters. The molecular weight excluding hydrogens is 338 g/mol. The van der Waals surface area contributed by atoms with Crippen molar-refractivity contribution in [3.8, 4) is 0 Å². The van der Waals surface area contributed by atoms with E-state index < -0.39 is 21.6 Å². The number of nitrogens with zero attached hydrogens (tertiary/aromatic N) is 1. The van der Waals surface area contributed by atoms with E-state index in [0.29, 0.717) is 10.5 Å². The molecule has 0 fully saturated rings. The van der Waals surface area contributed by atoms with E-state index in [2.05, 4.69) is 9.10 Å². The van der Waals surface area contributed by atoms with Gasteiger partial charge in [0.2, 0.25) is 0 Å². The summed E-state index contributed by atoms with van der Waals surface area (Å²) in [5.74, 6) is -1.12. The van der Waals surface area contributed by atoms with Crippen molar-refractivity contribution in [3.05, 3.63) is 71.3 Å². The Hall–Kier alpha value is -2.73. The first kappa shape index (κ1) is 18.6. The zero-order valence-electron chi connectivity index (χ0n) is 14.3. The molecule has 0 spiro atoms. The summed E-state index contributed by atoms with van der Waals surface area (Å²) in [6.07, 6.45) is 4.13. The van der Waals surface area contributed by atoms with Crippen LogP contribution in [0.2, 0.25) is 0 Å². The second-order valence-electron chi connectivity index (χ2n) is 5.46. The van der Waals surface area contributed by atoms with Gasteiger partial charge >= 0.3 is 5.97 Å². The van der Waals surface area contributed by atoms with E-state index in [1.54, 1.807) is 42.5 Å². The molecule has 25 heavy (non-hydrogen) atoms. The second-order valence-corrected chi connectivity index (χ2v) is 7.72. The Morgan fingerprint density at radius 1 is 1.12 bits per heavy atom. The fourth-order valence-electron chi connectivity index (χ4n) is 2.16. The van der Waals surface area contributed by atoms with Gasteiger partial charge in [-0.1, -0.05) is 35.9 Å². The highest BCUT2D eigenvalue weighted by molar-refractivity contribution is 7.93. The molecular formula is C19H19NO4S. The SMILES string of the molecule is COC(=O)/C=C/c1ccc(C)cc1C(=O)N=S(C)(=O)c1ccccc1. The number of hydrogen-bond acceptors (Lipinski definition) is 4. The van der Waals surface area contributed by atoms with Gasteiger partial charge in [0.1, 0.15) is 0 Å². The molecule has 0 aliphatic heterocycles. The predicted octanol–water partition coefficient (Wildman–Crippen LogP) is 3.48. The molecule has 1 amide bonds. The lowest BCUT2D eigenvalue weighted by atomic mass is 10.0. The number of methoxy groups -OCH3 is 1. The Morgan fingerprint density at radius 2 is 1.80 bits per heavy atom. The molecule has 0 aliphatic rings. The molecule has 1 atom stereocenters. The van der Waals surface area contributed by atoms with Gasteiger partial charge in [-0.25, -0.2) is 9.00 Å². The van der Waals surface area contributed by atoms with Crippen molar-refractivity contribution in [3.63, 3.8) is 0 Å². The minimum Gasteiger partial charge on any atom is -0.466 e. The number of hydrogen-bond donors (Lipinski definition) is 0. The number of esters is 1. The van der Waals surface area contributed by atoms with Crippen LogP contribution >= 0.6 is 0 Å². The molecule has 5 nitrogen and oxygen atoms in total. The Morgan fingerprint density at radius 3 is 2.44 bits per heavy atom. The topological polar surface area (TPSA) is 72.8 Å². The first-order chi connectivity index (χ1) is 11.8. The van der Waals surface area contributed by atoms with Gasteiger partial charge in [-0.05, 0) is 36.8 Å². The van der Waals surface area contributed by atoms with E-state index in [9.17, 15) is 13.8 Å². The van der Waals surface area contributed by atoms with Crippen LogP contribution in [0.25, 0.3) is 6.08 Å². The van der Waals surface area contributed by atoms with Crippen molar-refractivity contribution in [1.82, 2.24) is 0 Å². The summed E-state index contributed by atoms with van der Waals surface area (Å²) < 4.78 is 21.3. The Kier molecular flexibility index (Phi) is 5.88. The summed E-state index contributed by atoms with van der Waals surface area (Å²) in [7, 11) is -1.59. The normalized spacial score (nSPS) is 13.2. The number of aryl methyl sites for hydroxylation is 1. The van der Waals surface area contributed by atoms with Crippen LogP contribution in [0.4, 0.5) is 0 Å². The lowest BCUT2D eigenvalue weighted by Gasteiger charge is -2.07. The van der Waals surface area contributed by atoms with Gasteiger partial charge in [-0.3, -0.25) is 4.79 Å². The van der Waals surface area contributed by atoms with E-state index in [0.717, 1.165) is 5.56 Å². The Balaban J connectivity index is 2.47. The Labute approximate surface area is 147 Å². The molecule has 0 N–H and O–H groups in total. The number of carbonyl (C=O) groups is 2. The van der Waals surface area contributed by atoms with E-state index in [-0.39, 0.29) is 5.56 Å². The largest absolute Gasteiger partial charge is 0.466 e. The van der Waals surface area contributed by atoms with Crippen molar-refractivity contribution < 1.29 is 18.5 Å². The molecule has 0 aliphatic carbocycles. The number of rotatable bonds is 4. The van der Waals surface area contributed by atoms with E-state index >= 15 is 0 Å². The maximum absolute atomic E-state index is 12.8. The fourth-order valence-corrected chi connectivity index (χ4v) is 3.34. The van der Waals surface area contributed by atoms with Crippen molar-refractivity contribution in [2.45, 2.75) is 11.8 Å². The molecule has 2 rings (SSSR count). The minimum atomic E-state index is -2.86. The van der Waals surface area contributed by atoms with Crippen LogP contribution in [0.15, 0.2) is 63.9 Å². The summed E-state index contributed by atoms with van der Waals surface area (Å²) in [5.41, 5.74) is 1.65. The third-order valence-electron chi connectivity index (χ3n) is 3.48. The van der Waals surface area contributed by atoms with Crippen LogP contribution in [0.3, 0.4) is 0 Å². The molecule has 130 valence electrons. The van der Waals surface area contributed by atoms with Crippen molar-refractivity contribution in [2.75, 3.05) is 13.4 Å². The fraction of sp³-hybridized carbons (Fsp3) is 0.158. The summed E-state index contributed by atoms with van der Waals surface area (Å²) in [5, 5.41) is 0. The molecule has 0 radical (unpaired) electrons. The van der Waals surface area contributed by atoms with Crippen LogP contribution in [0.5, 0.6) is 0 Å². The average molecular weight is 357 g/mol. The van der Waals surface area contributed by atoms with Gasteiger partial charge in [0.15, 0.2) is 0 Å². The predicted molar refractivity (Wildman–Crippen MR) is 97.8 cm³/mol. The molecule has 0 aromatic heterocycles. The first-order valence-electron chi connectivity index (χ1n) is 7.52. The molecule has 0 bridgehead atoms. The van der Waals surface area contributed by atoms with Crippen molar-refractivity contribution in [1.29, 1.82) is 0 Å². The number of carbonyl (C=O) groups excluding carboxylic acids is 2. The zero-order valence-corrected chi connectivity index (χ0v) is 15.1. The molecule has 0 heterocycles. The third-order valence-corrected chi connectivity index (χ3v) is 5.14. The zero-order chi connectivity index (χ0) is 18.4. The standard InChI is InChI=1S/C19H19NO4S/c1-14-9-10-15(11-12-18(21)24-2)17(13-14)19(22)20-25(3,23)16-7-5-4-6-8-16/h4-13H,1-3H3/b12-11+. The summed E-state index contributed by atoms with van der Waals surface area (Å²) in [6, 6.07) is 13.8. The van der Waals surface area contributed by atoms with Crippen LogP contribution in [0, 0.1) is 6.92 Å². The average Bonchev–Trinajstić information content (AvgIpc) is 2.60. The van der Waals surface area contributed by atoms with Crippen molar-refractivity contribution in [2.24, 2.45) is 4.36 Å². The summed E-state index contributed by atoms with van der Waals surface area (Å²) in [6.45, 7) is 1.84. The smallest absolute Gasteiger partial charge is 0.330 e. The highest BCUT2D eigenvalue weighted by atomic mass is 32.2. The van der Waals surface area contributed by atoms with Gasteiger partial charge in [0.05, 0.1) is 16.8 Å². The van der Waals surface area contributed by atoms with E-state index in [1.165, 1.54) is 25.5 Å². The molecule has 6 heteroatoms. The quantitative estimate of drug-likeness (QED) is 0.620.